The van der Waals surface area contributed by atoms with Gasteiger partial charge in [-0.05, 0) is 72.3 Å². The van der Waals surface area contributed by atoms with Crippen LogP contribution in [0.2, 0.25) is 0 Å². The molecule has 0 atom stereocenters. The zero-order valence-corrected chi connectivity index (χ0v) is 19.3. The summed E-state index contributed by atoms with van der Waals surface area (Å²) in [5, 5.41) is 0. The Hall–Kier alpha value is -5.03. The van der Waals surface area contributed by atoms with Gasteiger partial charge in [0.25, 0.3) is 0 Å². The van der Waals surface area contributed by atoms with Crippen molar-refractivity contribution >= 4 is 46.4 Å². The van der Waals surface area contributed by atoms with Gasteiger partial charge < -0.3 is 9.97 Å². The van der Waals surface area contributed by atoms with Crippen LogP contribution in [-0.4, -0.2) is 24.9 Å². The van der Waals surface area contributed by atoms with Gasteiger partial charge in [-0.25, -0.2) is 9.97 Å². The lowest BCUT2D eigenvalue weighted by molar-refractivity contribution is 1.28. The first-order valence-electron chi connectivity index (χ1n) is 11.9. The van der Waals surface area contributed by atoms with Gasteiger partial charge in [-0.2, -0.15) is 0 Å². The summed E-state index contributed by atoms with van der Waals surface area (Å²) in [6, 6.07) is 26.9. The van der Waals surface area contributed by atoms with Gasteiger partial charge in [-0.3, -0.25) is 4.98 Å². The summed E-state index contributed by atoms with van der Waals surface area (Å²) >= 11 is 0. The van der Waals surface area contributed by atoms with Crippen LogP contribution < -0.4 is 0 Å². The summed E-state index contributed by atoms with van der Waals surface area (Å²) in [6.45, 7) is 0. The maximum Gasteiger partial charge on any atom is 0.0737 e. The van der Waals surface area contributed by atoms with Crippen molar-refractivity contribution in [2.24, 2.45) is 0 Å². The third-order valence-electron chi connectivity index (χ3n) is 6.41. The molecule has 0 amide bonds. The topological polar surface area (TPSA) is 70.2 Å². The molecule has 5 heteroatoms. The van der Waals surface area contributed by atoms with Gasteiger partial charge in [0, 0.05) is 51.2 Å². The van der Waals surface area contributed by atoms with Crippen LogP contribution in [0.15, 0.2) is 91.3 Å². The molecular formula is C31H21N5. The average molecular weight is 464 g/mol. The molecule has 1 aromatic carbocycles. The molecule has 8 bridgehead atoms. The molecule has 2 N–H and O–H groups in total. The number of rotatable bonds is 2. The Bertz CT molecular complexity index is 1730. The second-order valence-corrected chi connectivity index (χ2v) is 8.81. The smallest absolute Gasteiger partial charge is 0.0737 e. The first-order chi connectivity index (χ1) is 17.8. The fraction of sp³-hybridized carbons (Fsp3) is 0. The Morgan fingerprint density at radius 2 is 1.14 bits per heavy atom. The van der Waals surface area contributed by atoms with E-state index in [2.05, 4.69) is 93.9 Å². The van der Waals surface area contributed by atoms with E-state index in [9.17, 15) is 0 Å². The second-order valence-electron chi connectivity index (χ2n) is 8.81. The number of H-pyrrole nitrogens is 2. The minimum Gasteiger partial charge on any atom is -0.355 e. The number of aromatic amines is 2. The highest BCUT2D eigenvalue weighted by Gasteiger charge is 2.14. The van der Waals surface area contributed by atoms with E-state index >= 15 is 0 Å². The molecule has 2 aliphatic rings. The van der Waals surface area contributed by atoms with Crippen LogP contribution in [0.25, 0.3) is 68.6 Å². The molecule has 0 spiro atoms. The predicted molar refractivity (Wildman–Crippen MR) is 148 cm³/mol. The van der Waals surface area contributed by atoms with Crippen LogP contribution in [0.1, 0.15) is 22.8 Å². The maximum atomic E-state index is 4.97. The van der Waals surface area contributed by atoms with Crippen molar-refractivity contribution in [3.05, 3.63) is 114 Å². The largest absolute Gasteiger partial charge is 0.355 e. The van der Waals surface area contributed by atoms with Crippen molar-refractivity contribution in [1.82, 2.24) is 24.9 Å². The second kappa shape index (κ2) is 8.32. The normalized spacial score (nSPS) is 12.2. The molecule has 0 unspecified atom stereocenters. The SMILES string of the molecule is C1=Cc2nc1cc1ccc([nH]1)c(-c1cccnc1)c1ccc(cc3nc(c2-c2ccccc2)C=C3)[nH]1. The summed E-state index contributed by atoms with van der Waals surface area (Å²) < 4.78 is 0. The Morgan fingerprint density at radius 1 is 0.528 bits per heavy atom. The number of aromatic nitrogens is 5. The van der Waals surface area contributed by atoms with Crippen LogP contribution in [-0.2, 0) is 0 Å². The highest BCUT2D eigenvalue weighted by molar-refractivity contribution is 5.94. The van der Waals surface area contributed by atoms with E-state index < -0.39 is 0 Å². The lowest BCUT2D eigenvalue weighted by Crippen LogP contribution is -1.88. The highest BCUT2D eigenvalue weighted by atomic mass is 14.8. The Labute approximate surface area is 207 Å². The number of nitrogens with zero attached hydrogens (tertiary/aromatic N) is 3. The Balaban J connectivity index is 1.58. The van der Waals surface area contributed by atoms with E-state index in [0.29, 0.717) is 0 Å². The van der Waals surface area contributed by atoms with Crippen molar-refractivity contribution in [2.45, 2.75) is 0 Å². The van der Waals surface area contributed by atoms with Gasteiger partial charge in [0.05, 0.1) is 22.8 Å². The third-order valence-corrected chi connectivity index (χ3v) is 6.41. The molecule has 0 fully saturated rings. The Kier molecular flexibility index (Phi) is 4.71. The van der Waals surface area contributed by atoms with Crippen molar-refractivity contribution in [1.29, 1.82) is 0 Å². The van der Waals surface area contributed by atoms with E-state index in [4.69, 9.17) is 9.97 Å². The van der Waals surface area contributed by atoms with E-state index in [1.54, 1.807) is 6.20 Å². The number of hydrogen-bond donors (Lipinski definition) is 2. The molecule has 5 nitrogen and oxygen atoms in total. The predicted octanol–water partition coefficient (Wildman–Crippen LogP) is 7.38. The summed E-state index contributed by atoms with van der Waals surface area (Å²) in [7, 11) is 0. The van der Waals surface area contributed by atoms with Gasteiger partial charge in [0.15, 0.2) is 0 Å². The zero-order chi connectivity index (χ0) is 23.9. The monoisotopic (exact) mass is 463 g/mol. The van der Waals surface area contributed by atoms with Gasteiger partial charge in [-0.15, -0.1) is 0 Å². The van der Waals surface area contributed by atoms with Crippen molar-refractivity contribution in [3.8, 4) is 22.3 Å². The molecule has 170 valence electrons. The lowest BCUT2D eigenvalue weighted by Gasteiger charge is -2.04. The first kappa shape index (κ1) is 20.4. The van der Waals surface area contributed by atoms with E-state index in [1.807, 2.05) is 30.5 Å². The number of nitrogens with one attached hydrogen (secondary N) is 2. The fourth-order valence-corrected chi connectivity index (χ4v) is 4.80. The minimum absolute atomic E-state index is 0.891. The molecule has 0 radical (unpaired) electrons. The molecule has 0 aliphatic carbocycles. The highest BCUT2D eigenvalue weighted by Crippen LogP contribution is 2.32. The van der Waals surface area contributed by atoms with E-state index in [1.165, 1.54) is 0 Å². The number of hydrogen-bond acceptors (Lipinski definition) is 3. The minimum atomic E-state index is 0.891. The van der Waals surface area contributed by atoms with Crippen LogP contribution in [0, 0.1) is 0 Å². The van der Waals surface area contributed by atoms with Gasteiger partial charge in [0.2, 0.25) is 0 Å². The number of fused-ring (bicyclic) bond motifs is 8. The average Bonchev–Trinajstić information content (AvgIpc) is 3.72. The van der Waals surface area contributed by atoms with Crippen LogP contribution in [0.5, 0.6) is 0 Å². The Morgan fingerprint density at radius 3 is 1.72 bits per heavy atom. The molecule has 4 aromatic heterocycles. The number of benzene rings is 1. The summed E-state index contributed by atoms with van der Waals surface area (Å²) in [5.41, 5.74) is 11.8. The summed E-state index contributed by atoms with van der Waals surface area (Å²) in [4.78, 5) is 21.4. The number of pyridine rings is 1. The zero-order valence-electron chi connectivity index (χ0n) is 19.3. The third kappa shape index (κ3) is 3.63. The quantitative estimate of drug-likeness (QED) is 0.281. The first-order valence-corrected chi connectivity index (χ1v) is 11.9. The van der Waals surface area contributed by atoms with E-state index in [0.717, 1.165) is 67.1 Å². The molecule has 6 heterocycles. The fourth-order valence-electron chi connectivity index (χ4n) is 4.80. The van der Waals surface area contributed by atoms with Crippen molar-refractivity contribution < 1.29 is 0 Å². The van der Waals surface area contributed by atoms with Crippen molar-refractivity contribution in [3.63, 3.8) is 0 Å². The molecule has 5 aromatic rings. The van der Waals surface area contributed by atoms with Crippen LogP contribution in [0.4, 0.5) is 0 Å². The summed E-state index contributed by atoms with van der Waals surface area (Å²) in [5.74, 6) is 0. The van der Waals surface area contributed by atoms with E-state index in [-0.39, 0.29) is 0 Å². The molecule has 36 heavy (non-hydrogen) atoms. The van der Waals surface area contributed by atoms with Crippen LogP contribution in [0.3, 0.4) is 0 Å². The van der Waals surface area contributed by atoms with Gasteiger partial charge >= 0.3 is 0 Å². The standard InChI is InChI=1S/C31H21N5/c1-2-5-20(6-3-1)30-26-12-8-22(33-26)17-24-10-14-28(35-24)31(21-7-4-16-32-19-21)29-15-11-25(36-29)18-23-9-13-27(30)34-23/h1-19,35-36H. The molecule has 7 rings (SSSR count). The molecule has 0 saturated heterocycles. The van der Waals surface area contributed by atoms with Gasteiger partial charge in [0.1, 0.15) is 0 Å². The van der Waals surface area contributed by atoms with Gasteiger partial charge in [-0.1, -0.05) is 36.4 Å². The lowest BCUT2D eigenvalue weighted by atomic mass is 10.0. The van der Waals surface area contributed by atoms with Crippen molar-refractivity contribution in [2.75, 3.05) is 0 Å². The molecule has 2 aliphatic heterocycles. The maximum absolute atomic E-state index is 4.97. The van der Waals surface area contributed by atoms with Crippen LogP contribution >= 0.6 is 0 Å². The molecule has 0 saturated carbocycles. The summed E-state index contributed by atoms with van der Waals surface area (Å²) in [6.07, 6.45) is 11.9. The molecular weight excluding hydrogens is 442 g/mol.